The molecule has 6 rings (SSSR count). The fourth-order valence-electron chi connectivity index (χ4n) is 8.48. The van der Waals surface area contributed by atoms with Gasteiger partial charge in [0.25, 0.3) is 0 Å². The van der Waals surface area contributed by atoms with Crippen LogP contribution >= 0.6 is 31.7 Å². The van der Waals surface area contributed by atoms with Crippen molar-refractivity contribution in [3.05, 3.63) is 48.5 Å². The van der Waals surface area contributed by atoms with Gasteiger partial charge < -0.3 is 12.4 Å². The van der Waals surface area contributed by atoms with Crippen molar-refractivity contribution in [2.75, 3.05) is 0 Å². The van der Waals surface area contributed by atoms with E-state index < -0.39 is 0 Å². The van der Waals surface area contributed by atoms with Crippen molar-refractivity contribution in [1.82, 2.24) is 0 Å². The van der Waals surface area contributed by atoms with Crippen LogP contribution in [0.15, 0.2) is 48.5 Å². The molecule has 238 valence electrons. The average molecular weight is 845 g/mol. The molecule has 0 radical (unpaired) electrons. The van der Waals surface area contributed by atoms with Crippen LogP contribution < -0.4 is 33.6 Å². The first-order valence-electron chi connectivity index (χ1n) is 16.5. The average Bonchev–Trinajstić information content (AvgIpc) is 3.66. The Bertz CT molecular complexity index is 916. The molecule has 0 amide bonds. The number of rotatable bonds is 4. The Morgan fingerprint density at radius 1 is 0.357 bits per heavy atom. The molecule has 6 heteroatoms. The Labute approximate surface area is 286 Å². The van der Waals surface area contributed by atoms with Gasteiger partial charge in [0.05, 0.1) is 0 Å². The topological polar surface area (TPSA) is 0 Å². The van der Waals surface area contributed by atoms with Gasteiger partial charge in [-0.25, -0.2) is 0 Å². The normalized spacial score (nSPS) is 39.2. The Morgan fingerprint density at radius 2 is 0.500 bits per heavy atom. The predicted octanol–water partition coefficient (Wildman–Crippen LogP) is 7.09. The Hall–Kier alpha value is 1.19. The van der Waals surface area contributed by atoms with E-state index in [1.807, 2.05) is 0 Å². The van der Waals surface area contributed by atoms with Gasteiger partial charge in [0.15, 0.2) is 0 Å². The third-order valence-corrected chi connectivity index (χ3v) is 24.5. The molecule has 0 N–H and O–H groups in total. The van der Waals surface area contributed by atoms with Gasteiger partial charge in [0.2, 0.25) is 0 Å². The van der Waals surface area contributed by atoms with Crippen molar-refractivity contribution in [2.24, 2.45) is 0 Å². The summed E-state index contributed by atoms with van der Waals surface area (Å²) >= 11 is 0. The first kappa shape index (κ1) is 37.6. The molecule has 0 aromatic heterocycles. The van der Waals surface area contributed by atoms with Gasteiger partial charge in [0, 0.05) is 0 Å². The predicted molar refractivity (Wildman–Crippen MR) is 192 cm³/mol. The van der Waals surface area contributed by atoms with E-state index in [-0.39, 0.29) is 66.5 Å². The minimum Gasteiger partial charge on any atom is -1.00 e. The third-order valence-electron chi connectivity index (χ3n) is 10.7. The van der Waals surface area contributed by atoms with E-state index in [0.29, 0.717) is 0 Å². The second kappa shape index (κ2) is 16.8. The van der Waals surface area contributed by atoms with Crippen LogP contribution in [0.25, 0.3) is 0 Å². The van der Waals surface area contributed by atoms with Gasteiger partial charge in [-0.15, -0.1) is 0 Å². The molecule has 0 saturated carbocycles. The molecule has 2 aromatic carbocycles. The van der Waals surface area contributed by atoms with Crippen molar-refractivity contribution in [3.63, 3.8) is 0 Å². The van der Waals surface area contributed by atoms with Gasteiger partial charge in [-0.1, -0.05) is 136 Å². The standard InChI is InChI=1S/2C18H28P2.Au.ClH/c2*1-13-9-10-14(2)19(13)17-7-5-6-8-18(17)20-15(3)11-12-16(20)4;;/h2*5-8,13-16H,9-12H2,1-4H3;;1H/q;;+1;/p-1. The molecule has 0 spiro atoms. The molecule has 4 fully saturated rings. The summed E-state index contributed by atoms with van der Waals surface area (Å²) in [4.78, 5) is 0. The first-order valence-corrected chi connectivity index (χ1v) is 22.4. The molecule has 4 aliphatic heterocycles. The van der Waals surface area contributed by atoms with Gasteiger partial charge >= 0.3 is 22.4 Å². The molecule has 4 heterocycles. The zero-order valence-corrected chi connectivity index (χ0v) is 33.9. The van der Waals surface area contributed by atoms with Crippen LogP contribution in [0.5, 0.6) is 0 Å². The molecule has 2 aromatic rings. The maximum Gasteiger partial charge on any atom is 1.00 e. The number of hydrogen-bond acceptors (Lipinski definition) is 0. The van der Waals surface area contributed by atoms with Crippen LogP contribution in [0.4, 0.5) is 0 Å². The fourth-order valence-corrected chi connectivity index (χ4v) is 22.9. The molecule has 42 heavy (non-hydrogen) atoms. The summed E-state index contributed by atoms with van der Waals surface area (Å²) in [5.41, 5.74) is 7.48. The zero-order valence-electron chi connectivity index (χ0n) is 27.4. The molecule has 0 nitrogen and oxygen atoms in total. The Kier molecular flexibility index (Phi) is 15.1. The zero-order chi connectivity index (χ0) is 28.6. The maximum atomic E-state index is 2.50. The largest absolute Gasteiger partial charge is 1.00 e. The summed E-state index contributed by atoms with van der Waals surface area (Å²) in [5.74, 6) is 0. The van der Waals surface area contributed by atoms with E-state index >= 15 is 0 Å². The van der Waals surface area contributed by atoms with E-state index in [2.05, 4.69) is 104 Å². The SMILES string of the molecule is CC1CCC(C)P1c1ccccc1P1C(C)CCC1C.CC1CCC(C)P1c1ccccc1P1C(C)CCC1C.[Au+].[Cl-]. The first-order chi connectivity index (χ1) is 19.2. The van der Waals surface area contributed by atoms with Crippen molar-refractivity contribution in [1.29, 1.82) is 0 Å². The Balaban J connectivity index is 0.000000220. The van der Waals surface area contributed by atoms with Crippen molar-refractivity contribution in [2.45, 2.75) is 152 Å². The van der Waals surface area contributed by atoms with E-state index in [4.69, 9.17) is 0 Å². The van der Waals surface area contributed by atoms with E-state index in [0.717, 1.165) is 45.3 Å². The monoisotopic (exact) mass is 844 g/mol. The smallest absolute Gasteiger partial charge is 1.00 e. The third kappa shape index (κ3) is 8.00. The van der Waals surface area contributed by atoms with Crippen LogP contribution in [-0.2, 0) is 22.4 Å². The number of benzene rings is 2. The van der Waals surface area contributed by atoms with Gasteiger partial charge in [0.1, 0.15) is 0 Å². The molecular formula is C36H56AuClP4. The van der Waals surface area contributed by atoms with Gasteiger partial charge in [-0.3, -0.25) is 0 Å². The summed E-state index contributed by atoms with van der Waals surface area (Å²) in [5, 5.41) is 7.14. The molecule has 8 atom stereocenters. The van der Waals surface area contributed by atoms with Gasteiger partial charge in [-0.05, 0) is 118 Å². The van der Waals surface area contributed by atoms with Crippen molar-refractivity contribution in [3.8, 4) is 0 Å². The number of halogens is 1. The Morgan fingerprint density at radius 3 is 0.643 bits per heavy atom. The summed E-state index contributed by atoms with van der Waals surface area (Å²) in [6, 6.07) is 19.1. The summed E-state index contributed by atoms with van der Waals surface area (Å²) in [7, 11) is 0.314. The fraction of sp³-hybridized carbons (Fsp3) is 0.667. The molecule has 4 aliphatic rings. The molecule has 0 aliphatic carbocycles. The van der Waals surface area contributed by atoms with E-state index in [9.17, 15) is 0 Å². The maximum absolute atomic E-state index is 2.50. The van der Waals surface area contributed by atoms with Crippen molar-refractivity contribution >= 4 is 52.9 Å². The van der Waals surface area contributed by atoms with Crippen LogP contribution in [0, 0.1) is 0 Å². The summed E-state index contributed by atoms with van der Waals surface area (Å²) in [6.07, 6.45) is 11.6. The molecular weight excluding hydrogens is 789 g/mol. The second-order valence-electron chi connectivity index (χ2n) is 13.7. The number of hydrogen-bond donors (Lipinski definition) is 0. The van der Waals surface area contributed by atoms with Crippen LogP contribution in [0.3, 0.4) is 0 Å². The van der Waals surface area contributed by atoms with Crippen LogP contribution in [0.2, 0.25) is 0 Å². The van der Waals surface area contributed by atoms with E-state index in [1.54, 1.807) is 21.2 Å². The van der Waals surface area contributed by atoms with Crippen molar-refractivity contribution < 1.29 is 34.8 Å². The second-order valence-corrected chi connectivity index (χ2v) is 25.9. The quantitative estimate of drug-likeness (QED) is 0.228. The van der Waals surface area contributed by atoms with E-state index in [1.165, 1.54) is 51.4 Å². The molecule has 8 unspecified atom stereocenters. The summed E-state index contributed by atoms with van der Waals surface area (Å²) in [6.45, 7) is 20.0. The summed E-state index contributed by atoms with van der Waals surface area (Å²) < 4.78 is 0. The van der Waals surface area contributed by atoms with Crippen LogP contribution in [0.1, 0.15) is 107 Å². The minimum atomic E-state index is 0. The minimum absolute atomic E-state index is 0. The van der Waals surface area contributed by atoms with Crippen LogP contribution in [-0.4, -0.2) is 45.3 Å². The van der Waals surface area contributed by atoms with Gasteiger partial charge in [-0.2, -0.15) is 0 Å². The molecule has 4 saturated heterocycles. The molecule has 0 bridgehead atoms.